The quantitative estimate of drug-likeness (QED) is 0.837. The molecule has 2 aromatic heterocycles. The van der Waals surface area contributed by atoms with Gasteiger partial charge < -0.3 is 9.52 Å². The van der Waals surface area contributed by atoms with Crippen LogP contribution < -0.4 is 0 Å². The predicted octanol–water partition coefficient (Wildman–Crippen LogP) is 2.61. The standard InChI is InChI=1S/C20H29N3O2/c1-3-19-7-8-20(25-19)15-22-10-11-23(18(14-22)9-12-24)13-17-6-4-5-16(2)21-17/h4-8,18,24H,3,9-15H2,1-2H3/t18-/m1/s1. The molecule has 0 spiro atoms. The molecule has 25 heavy (non-hydrogen) atoms. The fraction of sp³-hybridized carbons (Fsp3) is 0.550. The first kappa shape index (κ1) is 18.1. The van der Waals surface area contributed by atoms with E-state index in [-0.39, 0.29) is 6.61 Å². The first-order valence-electron chi connectivity index (χ1n) is 9.25. The first-order valence-corrected chi connectivity index (χ1v) is 9.25. The van der Waals surface area contributed by atoms with Crippen molar-refractivity contribution >= 4 is 0 Å². The lowest BCUT2D eigenvalue weighted by Gasteiger charge is -2.41. The topological polar surface area (TPSA) is 52.7 Å². The van der Waals surface area contributed by atoms with Crippen LogP contribution in [-0.4, -0.2) is 52.2 Å². The minimum atomic E-state index is 0.219. The number of aliphatic hydroxyl groups is 1. The Hall–Kier alpha value is -1.69. The molecule has 2 aromatic rings. The van der Waals surface area contributed by atoms with Crippen LogP contribution >= 0.6 is 0 Å². The number of aryl methyl sites for hydroxylation is 2. The van der Waals surface area contributed by atoms with Gasteiger partial charge in [-0.25, -0.2) is 0 Å². The average Bonchev–Trinajstić information content (AvgIpc) is 3.05. The molecule has 0 unspecified atom stereocenters. The van der Waals surface area contributed by atoms with E-state index in [9.17, 15) is 5.11 Å². The fourth-order valence-corrected chi connectivity index (χ4v) is 3.55. The van der Waals surface area contributed by atoms with Crippen molar-refractivity contribution in [3.63, 3.8) is 0 Å². The molecule has 3 heterocycles. The van der Waals surface area contributed by atoms with E-state index < -0.39 is 0 Å². The maximum absolute atomic E-state index is 9.48. The van der Waals surface area contributed by atoms with Crippen molar-refractivity contribution < 1.29 is 9.52 Å². The van der Waals surface area contributed by atoms with Crippen molar-refractivity contribution in [3.05, 3.63) is 53.2 Å². The van der Waals surface area contributed by atoms with Crippen molar-refractivity contribution in [1.82, 2.24) is 14.8 Å². The minimum absolute atomic E-state index is 0.219. The van der Waals surface area contributed by atoms with Gasteiger partial charge in [-0.3, -0.25) is 14.8 Å². The van der Waals surface area contributed by atoms with Crippen molar-refractivity contribution in [3.8, 4) is 0 Å². The lowest BCUT2D eigenvalue weighted by atomic mass is 10.1. The maximum atomic E-state index is 9.48. The number of piperazine rings is 1. The van der Waals surface area contributed by atoms with Gasteiger partial charge in [-0.05, 0) is 37.6 Å². The Morgan fingerprint density at radius 1 is 1.16 bits per heavy atom. The van der Waals surface area contributed by atoms with Gasteiger partial charge in [0.05, 0.1) is 12.2 Å². The Balaban J connectivity index is 1.61. The lowest BCUT2D eigenvalue weighted by Crippen LogP contribution is -2.52. The second-order valence-electron chi connectivity index (χ2n) is 6.86. The van der Waals surface area contributed by atoms with Crippen LogP contribution in [0.15, 0.2) is 34.7 Å². The van der Waals surface area contributed by atoms with Crippen LogP contribution in [0, 0.1) is 6.92 Å². The van der Waals surface area contributed by atoms with Gasteiger partial charge in [-0.1, -0.05) is 13.0 Å². The molecule has 3 rings (SSSR count). The molecular formula is C20H29N3O2. The van der Waals surface area contributed by atoms with Crippen molar-refractivity contribution in [2.45, 2.75) is 45.8 Å². The number of rotatable bonds is 7. The van der Waals surface area contributed by atoms with E-state index in [0.29, 0.717) is 6.04 Å². The zero-order valence-electron chi connectivity index (χ0n) is 15.3. The average molecular weight is 343 g/mol. The van der Waals surface area contributed by atoms with Gasteiger partial charge in [0.2, 0.25) is 0 Å². The highest BCUT2D eigenvalue weighted by Crippen LogP contribution is 2.19. The van der Waals surface area contributed by atoms with Crippen molar-refractivity contribution in [1.29, 1.82) is 0 Å². The molecule has 1 atom stereocenters. The van der Waals surface area contributed by atoms with E-state index in [4.69, 9.17) is 4.42 Å². The number of pyridine rings is 1. The molecule has 5 nitrogen and oxygen atoms in total. The summed E-state index contributed by atoms with van der Waals surface area (Å²) in [6.07, 6.45) is 1.73. The Morgan fingerprint density at radius 2 is 2.00 bits per heavy atom. The zero-order valence-corrected chi connectivity index (χ0v) is 15.3. The van der Waals surface area contributed by atoms with Gasteiger partial charge >= 0.3 is 0 Å². The number of hydrogen-bond acceptors (Lipinski definition) is 5. The van der Waals surface area contributed by atoms with Crippen molar-refractivity contribution in [2.24, 2.45) is 0 Å². The van der Waals surface area contributed by atoms with E-state index in [1.165, 1.54) is 0 Å². The van der Waals surface area contributed by atoms with Crippen LogP contribution in [0.3, 0.4) is 0 Å². The van der Waals surface area contributed by atoms with Gasteiger partial charge in [0.1, 0.15) is 11.5 Å². The third-order valence-electron chi connectivity index (χ3n) is 4.91. The molecule has 1 fully saturated rings. The Labute approximate surface area is 150 Å². The van der Waals surface area contributed by atoms with Crippen molar-refractivity contribution in [2.75, 3.05) is 26.2 Å². The van der Waals surface area contributed by atoms with E-state index in [1.807, 2.05) is 13.0 Å². The minimum Gasteiger partial charge on any atom is -0.465 e. The molecule has 1 N–H and O–H groups in total. The summed E-state index contributed by atoms with van der Waals surface area (Å²) in [5.74, 6) is 2.08. The van der Waals surface area contributed by atoms with E-state index in [2.05, 4.69) is 46.0 Å². The van der Waals surface area contributed by atoms with Gasteiger partial charge in [0, 0.05) is 50.9 Å². The van der Waals surface area contributed by atoms with Crippen LogP contribution in [0.1, 0.15) is 36.3 Å². The van der Waals surface area contributed by atoms with Crippen LogP contribution in [-0.2, 0) is 19.5 Å². The SMILES string of the molecule is CCc1ccc(CN2CCN(Cc3cccc(C)n3)[C@H](CCO)C2)o1. The molecule has 0 bridgehead atoms. The maximum Gasteiger partial charge on any atom is 0.118 e. The Kier molecular flexibility index (Phi) is 6.24. The van der Waals surface area contributed by atoms with Crippen LogP contribution in [0.5, 0.6) is 0 Å². The lowest BCUT2D eigenvalue weighted by molar-refractivity contribution is 0.0459. The Bertz CT molecular complexity index is 670. The number of hydrogen-bond donors (Lipinski definition) is 1. The van der Waals surface area contributed by atoms with E-state index in [1.54, 1.807) is 0 Å². The fourth-order valence-electron chi connectivity index (χ4n) is 3.55. The largest absolute Gasteiger partial charge is 0.465 e. The summed E-state index contributed by atoms with van der Waals surface area (Å²) in [5, 5.41) is 9.48. The number of nitrogens with zero attached hydrogens (tertiary/aromatic N) is 3. The first-order chi connectivity index (χ1) is 12.2. The smallest absolute Gasteiger partial charge is 0.118 e. The third-order valence-corrected chi connectivity index (χ3v) is 4.91. The highest BCUT2D eigenvalue weighted by atomic mass is 16.3. The van der Waals surface area contributed by atoms with Gasteiger partial charge in [0.25, 0.3) is 0 Å². The predicted molar refractivity (Wildman–Crippen MR) is 98.2 cm³/mol. The molecule has 1 aliphatic rings. The normalized spacial score (nSPS) is 19.4. The molecule has 136 valence electrons. The third kappa shape index (κ3) is 4.91. The number of aliphatic hydroxyl groups excluding tert-OH is 1. The summed E-state index contributed by atoms with van der Waals surface area (Å²) in [4.78, 5) is 9.51. The molecule has 0 amide bonds. The summed E-state index contributed by atoms with van der Waals surface area (Å²) < 4.78 is 5.85. The van der Waals surface area contributed by atoms with E-state index in [0.717, 1.165) is 68.5 Å². The molecule has 1 aliphatic heterocycles. The van der Waals surface area contributed by atoms with Gasteiger partial charge in [-0.2, -0.15) is 0 Å². The number of furan rings is 1. The molecule has 0 radical (unpaired) electrons. The molecule has 0 aromatic carbocycles. The molecule has 5 heteroatoms. The highest BCUT2D eigenvalue weighted by molar-refractivity contribution is 5.10. The summed E-state index contributed by atoms with van der Waals surface area (Å²) in [7, 11) is 0. The molecule has 0 aliphatic carbocycles. The second-order valence-corrected chi connectivity index (χ2v) is 6.86. The Morgan fingerprint density at radius 3 is 2.72 bits per heavy atom. The molecule has 0 saturated carbocycles. The van der Waals surface area contributed by atoms with Gasteiger partial charge in [0.15, 0.2) is 0 Å². The second kappa shape index (κ2) is 8.61. The zero-order chi connectivity index (χ0) is 17.6. The summed E-state index contributed by atoms with van der Waals surface area (Å²) in [6, 6.07) is 10.7. The summed E-state index contributed by atoms with van der Waals surface area (Å²) >= 11 is 0. The highest BCUT2D eigenvalue weighted by Gasteiger charge is 2.27. The summed E-state index contributed by atoms with van der Waals surface area (Å²) in [5.41, 5.74) is 2.16. The molecular weight excluding hydrogens is 314 g/mol. The number of aromatic nitrogens is 1. The van der Waals surface area contributed by atoms with Crippen LogP contribution in [0.4, 0.5) is 0 Å². The van der Waals surface area contributed by atoms with Crippen LogP contribution in [0.25, 0.3) is 0 Å². The monoisotopic (exact) mass is 343 g/mol. The van der Waals surface area contributed by atoms with E-state index >= 15 is 0 Å². The van der Waals surface area contributed by atoms with Gasteiger partial charge in [-0.15, -0.1) is 0 Å². The molecule has 1 saturated heterocycles. The van der Waals surface area contributed by atoms with Crippen LogP contribution in [0.2, 0.25) is 0 Å². The summed E-state index contributed by atoms with van der Waals surface area (Å²) in [6.45, 7) is 9.00.